The van der Waals surface area contributed by atoms with Crippen molar-refractivity contribution in [1.29, 1.82) is 5.41 Å². The van der Waals surface area contributed by atoms with Crippen LogP contribution in [0.25, 0.3) is 0 Å². The summed E-state index contributed by atoms with van der Waals surface area (Å²) in [4.78, 5) is 18.8. The van der Waals surface area contributed by atoms with Crippen molar-refractivity contribution in [1.82, 2.24) is 0 Å². The zero-order valence-corrected chi connectivity index (χ0v) is 7.51. The number of hydrogen-bond donors (Lipinski definition) is 2. The van der Waals surface area contributed by atoms with Gasteiger partial charge in [-0.3, -0.25) is 4.79 Å². The fourth-order valence-corrected chi connectivity index (χ4v) is 0.383. The molecule has 0 rings (SSSR count). The van der Waals surface area contributed by atoms with Gasteiger partial charge in [-0.25, -0.2) is 10.2 Å². The van der Waals surface area contributed by atoms with E-state index in [2.05, 4.69) is 0 Å². The molecule has 12 heavy (non-hydrogen) atoms. The third kappa shape index (κ3) is 15.9. The molecule has 0 saturated heterocycles. The van der Waals surface area contributed by atoms with Crippen LogP contribution in [0.3, 0.4) is 0 Å². The van der Waals surface area contributed by atoms with Crippen LogP contribution in [-0.4, -0.2) is 24.2 Å². The Kier molecular flexibility index (Phi) is 7.28. The van der Waals surface area contributed by atoms with Crippen LogP contribution in [-0.2, 0) is 14.3 Å². The van der Waals surface area contributed by atoms with Crippen LogP contribution in [0.4, 0.5) is 0 Å². The van der Waals surface area contributed by atoms with E-state index < -0.39 is 5.60 Å². The van der Waals surface area contributed by atoms with E-state index in [0.29, 0.717) is 0 Å². The van der Waals surface area contributed by atoms with Gasteiger partial charge in [-0.05, 0) is 20.8 Å². The lowest BCUT2D eigenvalue weighted by Gasteiger charge is -2.18. The zero-order chi connectivity index (χ0) is 10.2. The number of hydrogen-bond acceptors (Lipinski definition) is 5. The van der Waals surface area contributed by atoms with Crippen molar-refractivity contribution < 1.29 is 14.3 Å². The Morgan fingerprint density at radius 1 is 1.58 bits per heavy atom. The lowest BCUT2D eigenvalue weighted by molar-refractivity contribution is -0.152. The normalized spacial score (nSPS) is 9.00. The summed E-state index contributed by atoms with van der Waals surface area (Å²) in [6.45, 7) is 5.37. The van der Waals surface area contributed by atoms with Gasteiger partial charge in [0.05, 0.1) is 6.54 Å². The van der Waals surface area contributed by atoms with Crippen molar-refractivity contribution in [2.24, 2.45) is 5.73 Å². The van der Waals surface area contributed by atoms with Gasteiger partial charge in [-0.1, -0.05) is 0 Å². The number of nitrogens with one attached hydrogen (secondary N) is 1. The van der Waals surface area contributed by atoms with Crippen LogP contribution in [0.15, 0.2) is 0 Å². The van der Waals surface area contributed by atoms with Gasteiger partial charge in [0.1, 0.15) is 5.60 Å². The second kappa shape index (κ2) is 6.52. The monoisotopic (exact) mass is 174 g/mol. The maximum Gasteiger partial charge on any atom is 0.320 e. The van der Waals surface area contributed by atoms with Crippen molar-refractivity contribution in [2.45, 2.75) is 26.4 Å². The van der Waals surface area contributed by atoms with Crippen molar-refractivity contribution in [3.63, 3.8) is 0 Å². The fourth-order valence-electron chi connectivity index (χ4n) is 0.383. The predicted octanol–water partition coefficient (Wildman–Crippen LogP) is 0.188. The summed E-state index contributed by atoms with van der Waals surface area (Å²) in [6.07, 6.45) is 0.750. The maximum atomic E-state index is 10.5. The first-order valence-electron chi connectivity index (χ1n) is 3.33. The Hall–Kier alpha value is -1.19. The SMILES string of the molecule is CC(C)(C)OC(=O)CN.N=C=O. The topological polar surface area (TPSA) is 93.2 Å². The summed E-state index contributed by atoms with van der Waals surface area (Å²) in [6, 6.07) is 0. The molecule has 0 saturated carbocycles. The second-order valence-electron chi connectivity index (χ2n) is 2.89. The molecule has 0 aliphatic carbocycles. The number of carbonyl (C=O) groups is 1. The number of carbonyl (C=O) groups excluding carboxylic acids is 2. The van der Waals surface area contributed by atoms with E-state index in [-0.39, 0.29) is 12.5 Å². The fraction of sp³-hybridized carbons (Fsp3) is 0.714. The summed E-state index contributed by atoms with van der Waals surface area (Å²) in [7, 11) is 0. The van der Waals surface area contributed by atoms with E-state index in [1.54, 1.807) is 20.8 Å². The van der Waals surface area contributed by atoms with Gasteiger partial charge in [0.25, 0.3) is 0 Å². The Morgan fingerprint density at radius 3 is 2.00 bits per heavy atom. The number of isocyanates is 1. The maximum absolute atomic E-state index is 10.5. The van der Waals surface area contributed by atoms with E-state index >= 15 is 0 Å². The molecule has 0 aromatic rings. The number of ether oxygens (including phenoxy) is 1. The molecule has 5 nitrogen and oxygen atoms in total. The Bertz CT molecular complexity index is 166. The van der Waals surface area contributed by atoms with Crippen LogP contribution in [0.5, 0.6) is 0 Å². The molecule has 70 valence electrons. The van der Waals surface area contributed by atoms with E-state index in [0.717, 1.165) is 6.08 Å². The molecule has 5 heteroatoms. The molecule has 0 heterocycles. The Labute approximate surface area is 71.4 Å². The van der Waals surface area contributed by atoms with Crippen molar-refractivity contribution in [3.05, 3.63) is 0 Å². The van der Waals surface area contributed by atoms with Gasteiger partial charge in [-0.15, -0.1) is 0 Å². The summed E-state index contributed by atoms with van der Waals surface area (Å²) >= 11 is 0. The second-order valence-corrected chi connectivity index (χ2v) is 2.89. The van der Waals surface area contributed by atoms with Gasteiger partial charge in [-0.2, -0.15) is 0 Å². The van der Waals surface area contributed by atoms with Gasteiger partial charge < -0.3 is 10.5 Å². The minimum absolute atomic E-state index is 0.0444. The largest absolute Gasteiger partial charge is 0.459 e. The first kappa shape index (κ1) is 13.4. The molecule has 0 unspecified atom stereocenters. The molecular formula is C7H14N2O3. The van der Waals surface area contributed by atoms with Gasteiger partial charge in [0.2, 0.25) is 6.08 Å². The lowest BCUT2D eigenvalue weighted by atomic mass is 10.2. The first-order chi connectivity index (χ1) is 5.37. The third-order valence-corrected chi connectivity index (χ3v) is 0.587. The molecule has 0 amide bonds. The summed E-state index contributed by atoms with van der Waals surface area (Å²) in [5, 5.41) is 5.40. The molecule has 0 atom stereocenters. The average molecular weight is 174 g/mol. The summed E-state index contributed by atoms with van der Waals surface area (Å²) < 4.78 is 4.82. The highest BCUT2D eigenvalue weighted by Crippen LogP contribution is 2.05. The lowest BCUT2D eigenvalue weighted by Crippen LogP contribution is -2.28. The molecular weight excluding hydrogens is 160 g/mol. The predicted molar refractivity (Wildman–Crippen MR) is 43.3 cm³/mol. The van der Waals surface area contributed by atoms with Crippen LogP contribution in [0.2, 0.25) is 0 Å². The summed E-state index contributed by atoms with van der Waals surface area (Å²) in [5.41, 5.74) is 4.60. The van der Waals surface area contributed by atoms with Crippen molar-refractivity contribution in [3.8, 4) is 0 Å². The van der Waals surface area contributed by atoms with E-state index in [1.807, 2.05) is 0 Å². The van der Waals surface area contributed by atoms with Crippen molar-refractivity contribution in [2.75, 3.05) is 6.54 Å². The standard InChI is InChI=1S/C6H13NO2.CHNO/c1-6(2,3)9-5(8)4-7;2-1-3/h4,7H2,1-3H3;2H. The molecule has 0 aromatic heterocycles. The molecule has 0 aliphatic rings. The number of rotatable bonds is 1. The Balaban J connectivity index is 0. The van der Waals surface area contributed by atoms with Crippen LogP contribution >= 0.6 is 0 Å². The molecule has 0 aliphatic heterocycles. The van der Waals surface area contributed by atoms with E-state index in [4.69, 9.17) is 20.7 Å². The van der Waals surface area contributed by atoms with Crippen LogP contribution in [0.1, 0.15) is 20.8 Å². The Morgan fingerprint density at radius 2 is 1.92 bits per heavy atom. The smallest absolute Gasteiger partial charge is 0.320 e. The quantitative estimate of drug-likeness (QED) is 0.337. The highest BCUT2D eigenvalue weighted by Gasteiger charge is 2.13. The minimum atomic E-state index is -0.406. The minimum Gasteiger partial charge on any atom is -0.459 e. The average Bonchev–Trinajstić information content (AvgIpc) is 1.86. The molecule has 0 aromatic carbocycles. The molecule has 3 N–H and O–H groups in total. The molecule has 0 bridgehead atoms. The molecule has 0 spiro atoms. The van der Waals surface area contributed by atoms with Crippen LogP contribution < -0.4 is 5.73 Å². The van der Waals surface area contributed by atoms with Crippen LogP contribution in [0, 0.1) is 5.41 Å². The van der Waals surface area contributed by atoms with E-state index in [9.17, 15) is 4.79 Å². The van der Waals surface area contributed by atoms with Gasteiger partial charge >= 0.3 is 5.97 Å². The highest BCUT2D eigenvalue weighted by molar-refractivity contribution is 5.71. The third-order valence-electron chi connectivity index (χ3n) is 0.587. The zero-order valence-electron chi connectivity index (χ0n) is 7.51. The summed E-state index contributed by atoms with van der Waals surface area (Å²) in [5.74, 6) is -0.359. The first-order valence-corrected chi connectivity index (χ1v) is 3.33. The highest BCUT2D eigenvalue weighted by atomic mass is 16.6. The number of esters is 1. The van der Waals surface area contributed by atoms with E-state index in [1.165, 1.54) is 0 Å². The molecule has 0 fully saturated rings. The number of nitrogens with two attached hydrogens (primary N) is 1. The van der Waals surface area contributed by atoms with Gasteiger partial charge in [0.15, 0.2) is 0 Å². The van der Waals surface area contributed by atoms with Gasteiger partial charge in [0, 0.05) is 0 Å². The van der Waals surface area contributed by atoms with Crippen molar-refractivity contribution >= 4 is 12.0 Å². The molecule has 0 radical (unpaired) electrons.